The summed E-state index contributed by atoms with van der Waals surface area (Å²) in [5, 5.41) is 6.41. The molecule has 2 heterocycles. The number of nitrogens with zero attached hydrogens (tertiary/aromatic N) is 3. The van der Waals surface area contributed by atoms with Crippen LogP contribution >= 0.6 is 20.1 Å². The molecule has 0 spiro atoms. The van der Waals surface area contributed by atoms with Crippen LogP contribution in [0, 0.1) is 0 Å². The number of aromatic nitrogens is 3. The molecule has 174 valence electrons. The van der Waals surface area contributed by atoms with E-state index in [2.05, 4.69) is 10.3 Å². The summed E-state index contributed by atoms with van der Waals surface area (Å²) in [5.74, 6) is -0.201. The van der Waals surface area contributed by atoms with Gasteiger partial charge in [0, 0.05) is 30.1 Å². The molecule has 0 fully saturated rings. The predicted octanol–water partition coefficient (Wildman–Crippen LogP) is 7.52. The van der Waals surface area contributed by atoms with E-state index >= 15 is 0 Å². The molecular formula is C17H10ClF9N3OP. The van der Waals surface area contributed by atoms with Crippen LogP contribution in [-0.4, -0.2) is 21.4 Å². The van der Waals surface area contributed by atoms with Gasteiger partial charge in [-0.05, 0) is 23.8 Å². The number of hydrogen-bond donors (Lipinski definition) is 0. The third-order valence-corrected chi connectivity index (χ3v) is 5.29. The van der Waals surface area contributed by atoms with E-state index in [1.807, 2.05) is 0 Å². The molecule has 1 aromatic carbocycles. The Labute approximate surface area is 179 Å². The van der Waals surface area contributed by atoms with Gasteiger partial charge in [0.1, 0.15) is 17.0 Å². The first kappa shape index (κ1) is 24.4. The Balaban J connectivity index is 2.13. The fraction of sp³-hybridized carbons (Fsp3) is 0.294. The van der Waals surface area contributed by atoms with Gasteiger partial charge in [0.05, 0.1) is 0 Å². The molecule has 2 aromatic heterocycles. The Morgan fingerprint density at radius 1 is 1.12 bits per heavy atom. The maximum absolute atomic E-state index is 13.8. The van der Waals surface area contributed by atoms with Crippen LogP contribution < -0.4 is 0 Å². The van der Waals surface area contributed by atoms with E-state index in [4.69, 9.17) is 16.1 Å². The van der Waals surface area contributed by atoms with Gasteiger partial charge in [-0.15, -0.1) is 0 Å². The van der Waals surface area contributed by atoms with E-state index in [9.17, 15) is 39.1 Å². The van der Waals surface area contributed by atoms with Gasteiger partial charge in [0.25, 0.3) is 0 Å². The first-order valence-electron chi connectivity index (χ1n) is 8.41. The fourth-order valence-electron chi connectivity index (χ4n) is 2.95. The fourth-order valence-corrected chi connectivity index (χ4v) is 3.46. The molecule has 0 radical (unpaired) electrons. The maximum Gasteiger partial charge on any atom is 0.420 e. The van der Waals surface area contributed by atoms with Crippen LogP contribution in [-0.2, 0) is 25.3 Å². The summed E-state index contributed by atoms with van der Waals surface area (Å²) in [6.45, 7) is 0. The highest BCUT2D eigenvalue weighted by Gasteiger charge is 2.54. The molecule has 32 heavy (non-hydrogen) atoms. The van der Waals surface area contributed by atoms with Crippen molar-refractivity contribution in [3.63, 3.8) is 0 Å². The lowest BCUT2D eigenvalue weighted by molar-refractivity contribution is -0.139. The average molecular weight is 510 g/mol. The lowest BCUT2D eigenvalue weighted by Gasteiger charge is -2.15. The van der Waals surface area contributed by atoms with Crippen molar-refractivity contribution >= 4 is 20.1 Å². The van der Waals surface area contributed by atoms with Gasteiger partial charge in [-0.3, -0.25) is 4.68 Å². The molecule has 0 saturated carbocycles. The van der Waals surface area contributed by atoms with E-state index in [1.165, 1.54) is 18.2 Å². The van der Waals surface area contributed by atoms with Gasteiger partial charge in [0.2, 0.25) is 6.43 Å². The van der Waals surface area contributed by atoms with Crippen molar-refractivity contribution in [2.24, 2.45) is 7.05 Å². The Morgan fingerprint density at radius 2 is 1.78 bits per heavy atom. The summed E-state index contributed by atoms with van der Waals surface area (Å²) in [6, 6.07) is 4.68. The Bertz CT molecular complexity index is 1130. The molecule has 0 N–H and O–H groups in total. The Morgan fingerprint density at radius 3 is 2.34 bits per heavy atom. The summed E-state index contributed by atoms with van der Waals surface area (Å²) < 4.78 is 125. The highest BCUT2D eigenvalue weighted by atomic mass is 35.5. The minimum Gasteiger partial charge on any atom is -0.356 e. The molecule has 0 atom stereocenters. The predicted molar refractivity (Wildman–Crippen MR) is 96.9 cm³/mol. The van der Waals surface area contributed by atoms with Gasteiger partial charge >= 0.3 is 20.4 Å². The number of alkyl halides is 7. The third kappa shape index (κ3) is 4.59. The number of hydrogen-bond acceptors (Lipinski definition) is 3. The van der Waals surface area contributed by atoms with E-state index < -0.39 is 55.9 Å². The second-order valence-corrected chi connectivity index (χ2v) is 7.88. The standard InChI is InChI=1S/C17H10ClF9N3OP/c1-30-14(13(16(21,22)23)15(28-30)17(24,25)32(26)27)10-6-11(31-29-10)7-2-3-9(18)8(4-7)5-12(19)20/h2-4,6,12H,5H2,1H3. The Hall–Kier alpha value is -2.27. The van der Waals surface area contributed by atoms with Crippen LogP contribution in [0.4, 0.5) is 39.1 Å². The number of rotatable bonds is 6. The molecule has 0 bridgehead atoms. The smallest absolute Gasteiger partial charge is 0.356 e. The lowest BCUT2D eigenvalue weighted by Crippen LogP contribution is -2.17. The number of benzene rings is 1. The molecule has 0 aliphatic carbocycles. The van der Waals surface area contributed by atoms with Crippen molar-refractivity contribution in [2.75, 3.05) is 0 Å². The van der Waals surface area contributed by atoms with Crippen LogP contribution in [0.3, 0.4) is 0 Å². The zero-order chi connectivity index (χ0) is 24.0. The summed E-state index contributed by atoms with van der Waals surface area (Å²) in [5.41, 5.74) is -10.9. The van der Waals surface area contributed by atoms with Gasteiger partial charge in [-0.2, -0.15) is 35.4 Å². The first-order chi connectivity index (χ1) is 14.7. The minimum atomic E-state index is -5.47. The molecule has 4 nitrogen and oxygen atoms in total. The summed E-state index contributed by atoms with van der Waals surface area (Å²) in [6.07, 6.45) is -8.91. The van der Waals surface area contributed by atoms with Crippen LogP contribution in [0.2, 0.25) is 5.02 Å². The number of aryl methyl sites for hydroxylation is 1. The van der Waals surface area contributed by atoms with E-state index in [1.54, 1.807) is 0 Å². The normalized spacial score (nSPS) is 12.9. The second kappa shape index (κ2) is 8.58. The largest absolute Gasteiger partial charge is 0.420 e. The summed E-state index contributed by atoms with van der Waals surface area (Å²) in [7, 11) is -4.28. The van der Waals surface area contributed by atoms with Crippen LogP contribution in [0.25, 0.3) is 22.7 Å². The van der Waals surface area contributed by atoms with Crippen molar-refractivity contribution in [1.82, 2.24) is 14.9 Å². The highest BCUT2D eigenvalue weighted by Crippen LogP contribution is 2.62. The third-order valence-electron chi connectivity index (χ3n) is 4.29. The zero-order valence-corrected chi connectivity index (χ0v) is 17.2. The molecule has 0 saturated heterocycles. The topological polar surface area (TPSA) is 43.9 Å². The molecular weight excluding hydrogens is 500 g/mol. The first-order valence-corrected chi connectivity index (χ1v) is 9.92. The molecule has 0 unspecified atom stereocenters. The van der Waals surface area contributed by atoms with Gasteiger partial charge in [-0.25, -0.2) is 8.78 Å². The van der Waals surface area contributed by atoms with Crippen LogP contribution in [0.1, 0.15) is 16.8 Å². The minimum absolute atomic E-state index is 0.0144. The molecule has 15 heteroatoms. The van der Waals surface area contributed by atoms with Crippen molar-refractivity contribution in [2.45, 2.75) is 24.7 Å². The lowest BCUT2D eigenvalue weighted by atomic mass is 10.0. The van der Waals surface area contributed by atoms with E-state index in [0.717, 1.165) is 13.1 Å². The average Bonchev–Trinajstić information content (AvgIpc) is 3.27. The van der Waals surface area contributed by atoms with Gasteiger partial charge in [0.15, 0.2) is 11.5 Å². The summed E-state index contributed by atoms with van der Waals surface area (Å²) >= 11 is 5.84. The van der Waals surface area contributed by atoms with E-state index in [0.29, 0.717) is 4.68 Å². The van der Waals surface area contributed by atoms with Crippen molar-refractivity contribution in [3.8, 4) is 22.7 Å². The van der Waals surface area contributed by atoms with Gasteiger partial charge < -0.3 is 4.52 Å². The van der Waals surface area contributed by atoms with Crippen molar-refractivity contribution in [3.05, 3.63) is 46.1 Å². The highest BCUT2D eigenvalue weighted by molar-refractivity contribution is 7.47. The maximum atomic E-state index is 13.8. The summed E-state index contributed by atoms with van der Waals surface area (Å²) in [4.78, 5) is 0. The molecule has 0 aliphatic rings. The molecule has 3 rings (SSSR count). The number of halogens is 10. The zero-order valence-electron chi connectivity index (χ0n) is 15.6. The molecule has 0 amide bonds. The van der Waals surface area contributed by atoms with Crippen molar-refractivity contribution in [1.29, 1.82) is 0 Å². The van der Waals surface area contributed by atoms with Gasteiger partial charge in [-0.1, -0.05) is 16.8 Å². The van der Waals surface area contributed by atoms with Crippen molar-refractivity contribution < 1.29 is 43.6 Å². The SMILES string of the molecule is Cn1nc(C(F)(F)P(F)F)c(C(F)(F)F)c1-c1cc(-c2ccc(Cl)c(CC(F)F)c2)on1. The quantitative estimate of drug-likeness (QED) is 0.255. The Kier molecular flexibility index (Phi) is 6.54. The van der Waals surface area contributed by atoms with Crippen LogP contribution in [0.15, 0.2) is 28.8 Å². The molecule has 0 aliphatic heterocycles. The van der Waals surface area contributed by atoms with E-state index in [-0.39, 0.29) is 21.9 Å². The second-order valence-electron chi connectivity index (χ2n) is 6.45. The van der Waals surface area contributed by atoms with Crippen LogP contribution in [0.5, 0.6) is 0 Å². The monoisotopic (exact) mass is 509 g/mol. The molecule has 3 aromatic rings.